The molecule has 70 valence electrons. The van der Waals surface area contributed by atoms with Crippen LogP contribution in [0.3, 0.4) is 0 Å². The van der Waals surface area contributed by atoms with Gasteiger partial charge in [-0.05, 0) is 12.8 Å². The first kappa shape index (κ1) is 9.48. The van der Waals surface area contributed by atoms with Crippen molar-refractivity contribution in [2.24, 2.45) is 5.73 Å². The number of nitrogens with two attached hydrogens (primary N) is 1. The molecule has 0 atom stereocenters. The summed E-state index contributed by atoms with van der Waals surface area (Å²) >= 11 is 0. The number of rotatable bonds is 4. The Morgan fingerprint density at radius 1 is 1.67 bits per heavy atom. The summed E-state index contributed by atoms with van der Waals surface area (Å²) in [7, 11) is 3.38. The standard InChI is InChI=1S/C8H16N2O2/c1-10(5-6-12-2)7(11)8(9)3-4-8/h3-6,9H2,1-2H3. The second kappa shape index (κ2) is 3.41. The molecule has 1 aliphatic rings. The van der Waals surface area contributed by atoms with Crippen molar-refractivity contribution >= 4 is 5.91 Å². The highest BCUT2D eigenvalue weighted by molar-refractivity contribution is 5.88. The van der Waals surface area contributed by atoms with E-state index in [4.69, 9.17) is 10.5 Å². The molecule has 1 rings (SSSR count). The van der Waals surface area contributed by atoms with Crippen LogP contribution in [0.15, 0.2) is 0 Å². The van der Waals surface area contributed by atoms with Crippen LogP contribution < -0.4 is 5.73 Å². The normalized spacial score (nSPS) is 18.9. The molecule has 0 aromatic carbocycles. The number of amides is 1. The van der Waals surface area contributed by atoms with E-state index in [2.05, 4.69) is 0 Å². The Hall–Kier alpha value is -0.610. The molecule has 1 fully saturated rings. The molecule has 2 N–H and O–H groups in total. The zero-order chi connectivity index (χ0) is 9.19. The highest BCUT2D eigenvalue weighted by Crippen LogP contribution is 2.33. The number of likely N-dealkylation sites (N-methyl/N-ethyl adjacent to an activating group) is 1. The van der Waals surface area contributed by atoms with Crippen LogP contribution in [-0.2, 0) is 9.53 Å². The van der Waals surface area contributed by atoms with Crippen molar-refractivity contribution < 1.29 is 9.53 Å². The Morgan fingerprint density at radius 3 is 2.67 bits per heavy atom. The Bertz CT molecular complexity index is 178. The van der Waals surface area contributed by atoms with Gasteiger partial charge in [-0.15, -0.1) is 0 Å². The van der Waals surface area contributed by atoms with E-state index in [-0.39, 0.29) is 5.91 Å². The van der Waals surface area contributed by atoms with Gasteiger partial charge in [0.1, 0.15) is 0 Å². The molecule has 0 saturated heterocycles. The van der Waals surface area contributed by atoms with Crippen LogP contribution in [0.2, 0.25) is 0 Å². The molecular formula is C8H16N2O2. The van der Waals surface area contributed by atoms with Gasteiger partial charge in [0.25, 0.3) is 0 Å². The van der Waals surface area contributed by atoms with E-state index in [1.807, 2.05) is 0 Å². The molecule has 1 amide bonds. The molecule has 4 nitrogen and oxygen atoms in total. The molecule has 0 heterocycles. The van der Waals surface area contributed by atoms with Crippen LogP contribution in [0.1, 0.15) is 12.8 Å². The van der Waals surface area contributed by atoms with Crippen LogP contribution in [0.5, 0.6) is 0 Å². The van der Waals surface area contributed by atoms with E-state index >= 15 is 0 Å². The van der Waals surface area contributed by atoms with Gasteiger partial charge in [-0.3, -0.25) is 4.79 Å². The van der Waals surface area contributed by atoms with E-state index in [0.717, 1.165) is 12.8 Å². The molecule has 0 aromatic rings. The largest absolute Gasteiger partial charge is 0.383 e. The number of nitrogens with zero attached hydrogens (tertiary/aromatic N) is 1. The molecule has 1 saturated carbocycles. The average molecular weight is 172 g/mol. The number of carbonyl (C=O) groups excluding carboxylic acids is 1. The highest BCUT2D eigenvalue weighted by Gasteiger charge is 2.47. The van der Waals surface area contributed by atoms with Crippen molar-refractivity contribution in [1.29, 1.82) is 0 Å². The molecule has 12 heavy (non-hydrogen) atoms. The fourth-order valence-electron chi connectivity index (χ4n) is 1.06. The summed E-state index contributed by atoms with van der Waals surface area (Å²) in [6.07, 6.45) is 1.65. The maximum atomic E-state index is 11.5. The van der Waals surface area contributed by atoms with E-state index in [1.54, 1.807) is 19.1 Å². The highest BCUT2D eigenvalue weighted by atomic mass is 16.5. The third kappa shape index (κ3) is 1.95. The molecule has 4 heteroatoms. The maximum Gasteiger partial charge on any atom is 0.242 e. The topological polar surface area (TPSA) is 55.6 Å². The number of hydrogen-bond donors (Lipinski definition) is 1. The fourth-order valence-corrected chi connectivity index (χ4v) is 1.06. The van der Waals surface area contributed by atoms with Crippen molar-refractivity contribution in [3.63, 3.8) is 0 Å². The molecule has 0 unspecified atom stereocenters. The van der Waals surface area contributed by atoms with Crippen LogP contribution in [0, 0.1) is 0 Å². The number of hydrogen-bond acceptors (Lipinski definition) is 3. The quantitative estimate of drug-likeness (QED) is 0.626. The Morgan fingerprint density at radius 2 is 2.25 bits per heavy atom. The fraction of sp³-hybridized carbons (Fsp3) is 0.875. The van der Waals surface area contributed by atoms with Crippen LogP contribution in [0.4, 0.5) is 0 Å². The second-order valence-corrected chi connectivity index (χ2v) is 3.38. The minimum absolute atomic E-state index is 0.0413. The zero-order valence-corrected chi connectivity index (χ0v) is 7.67. The predicted octanol–water partition coefficient (Wildman–Crippen LogP) is -0.417. The third-order valence-electron chi connectivity index (χ3n) is 2.19. The van der Waals surface area contributed by atoms with Gasteiger partial charge in [-0.2, -0.15) is 0 Å². The van der Waals surface area contributed by atoms with Gasteiger partial charge in [0, 0.05) is 20.7 Å². The third-order valence-corrected chi connectivity index (χ3v) is 2.19. The molecule has 0 aliphatic heterocycles. The SMILES string of the molecule is COCCN(C)C(=O)C1(N)CC1. The minimum Gasteiger partial charge on any atom is -0.383 e. The van der Waals surface area contributed by atoms with Gasteiger partial charge in [0.2, 0.25) is 5.91 Å². The first-order valence-corrected chi connectivity index (χ1v) is 4.13. The van der Waals surface area contributed by atoms with E-state index in [0.29, 0.717) is 13.2 Å². The monoisotopic (exact) mass is 172 g/mol. The van der Waals surface area contributed by atoms with E-state index < -0.39 is 5.54 Å². The van der Waals surface area contributed by atoms with Crippen molar-refractivity contribution in [2.45, 2.75) is 18.4 Å². The van der Waals surface area contributed by atoms with Crippen molar-refractivity contribution in [1.82, 2.24) is 4.90 Å². The lowest BCUT2D eigenvalue weighted by molar-refractivity contribution is -0.132. The summed E-state index contributed by atoms with van der Waals surface area (Å²) in [5, 5.41) is 0. The molecule has 0 spiro atoms. The molecule has 0 aromatic heterocycles. The summed E-state index contributed by atoms with van der Waals surface area (Å²) in [6.45, 7) is 1.19. The van der Waals surface area contributed by atoms with Crippen molar-refractivity contribution in [3.8, 4) is 0 Å². The number of carbonyl (C=O) groups is 1. The van der Waals surface area contributed by atoms with Gasteiger partial charge in [0.05, 0.1) is 12.1 Å². The summed E-state index contributed by atoms with van der Waals surface area (Å²) in [4.78, 5) is 13.1. The summed E-state index contributed by atoms with van der Waals surface area (Å²) < 4.78 is 4.86. The maximum absolute atomic E-state index is 11.5. The smallest absolute Gasteiger partial charge is 0.242 e. The number of ether oxygens (including phenoxy) is 1. The Labute approximate surface area is 72.7 Å². The molecule has 0 radical (unpaired) electrons. The van der Waals surface area contributed by atoms with Crippen molar-refractivity contribution in [2.75, 3.05) is 27.3 Å². The van der Waals surface area contributed by atoms with Crippen LogP contribution in [0.25, 0.3) is 0 Å². The summed E-state index contributed by atoms with van der Waals surface area (Å²) in [5.41, 5.74) is 5.19. The summed E-state index contributed by atoms with van der Waals surface area (Å²) in [6, 6.07) is 0. The van der Waals surface area contributed by atoms with Crippen LogP contribution in [-0.4, -0.2) is 43.7 Å². The summed E-state index contributed by atoms with van der Waals surface area (Å²) in [5.74, 6) is 0.0413. The number of methoxy groups -OCH3 is 1. The first-order valence-electron chi connectivity index (χ1n) is 4.13. The average Bonchev–Trinajstić information content (AvgIpc) is 2.79. The van der Waals surface area contributed by atoms with Gasteiger partial charge >= 0.3 is 0 Å². The molecular weight excluding hydrogens is 156 g/mol. The Balaban J connectivity index is 2.31. The van der Waals surface area contributed by atoms with Gasteiger partial charge in [0.15, 0.2) is 0 Å². The van der Waals surface area contributed by atoms with Crippen LogP contribution >= 0.6 is 0 Å². The Kier molecular flexibility index (Phi) is 2.69. The lowest BCUT2D eigenvalue weighted by Gasteiger charge is -2.20. The van der Waals surface area contributed by atoms with Gasteiger partial charge in [-0.1, -0.05) is 0 Å². The predicted molar refractivity (Wildman–Crippen MR) is 45.7 cm³/mol. The first-order chi connectivity index (χ1) is 5.60. The zero-order valence-electron chi connectivity index (χ0n) is 7.67. The second-order valence-electron chi connectivity index (χ2n) is 3.38. The molecule has 0 bridgehead atoms. The minimum atomic E-state index is -0.539. The lowest BCUT2D eigenvalue weighted by atomic mass is 10.2. The van der Waals surface area contributed by atoms with Crippen molar-refractivity contribution in [3.05, 3.63) is 0 Å². The van der Waals surface area contributed by atoms with Gasteiger partial charge < -0.3 is 15.4 Å². The lowest BCUT2D eigenvalue weighted by Crippen LogP contribution is -2.44. The van der Waals surface area contributed by atoms with E-state index in [1.165, 1.54) is 0 Å². The molecule has 1 aliphatic carbocycles. The van der Waals surface area contributed by atoms with E-state index in [9.17, 15) is 4.79 Å². The van der Waals surface area contributed by atoms with Gasteiger partial charge in [-0.25, -0.2) is 0 Å².